The Morgan fingerprint density at radius 1 is 1.04 bits per heavy atom. The summed E-state index contributed by atoms with van der Waals surface area (Å²) in [5, 5.41) is 3.32. The molecule has 0 saturated carbocycles. The largest absolute Gasteiger partial charge is 0.338 e. The summed E-state index contributed by atoms with van der Waals surface area (Å²) >= 11 is 6.11. The highest BCUT2D eigenvalue weighted by Crippen LogP contribution is 2.20. The highest BCUT2D eigenvalue weighted by Gasteiger charge is 2.33. The Bertz CT molecular complexity index is 763. The maximum absolute atomic E-state index is 13.1. The van der Waals surface area contributed by atoms with Gasteiger partial charge in [0.05, 0.1) is 17.8 Å². The van der Waals surface area contributed by atoms with E-state index < -0.39 is 6.04 Å². The van der Waals surface area contributed by atoms with Crippen LogP contribution in [0.25, 0.3) is 0 Å². The Kier molecular flexibility index (Phi) is 7.82. The average molecular weight is 389 g/mol. The van der Waals surface area contributed by atoms with Crippen molar-refractivity contribution >= 4 is 29.1 Å². The van der Waals surface area contributed by atoms with E-state index in [0.29, 0.717) is 23.8 Å². The van der Waals surface area contributed by atoms with Gasteiger partial charge in [0.25, 0.3) is 11.8 Å². The van der Waals surface area contributed by atoms with Crippen molar-refractivity contribution in [2.24, 2.45) is 0 Å². The molecule has 2 N–H and O–H groups in total. The van der Waals surface area contributed by atoms with E-state index in [1.165, 1.54) is 0 Å². The van der Waals surface area contributed by atoms with Crippen molar-refractivity contribution in [3.63, 3.8) is 0 Å². The summed E-state index contributed by atoms with van der Waals surface area (Å²) in [5.41, 5.74) is 1.47. The molecule has 0 aliphatic carbocycles. The predicted molar refractivity (Wildman–Crippen MR) is 109 cm³/mol. The summed E-state index contributed by atoms with van der Waals surface area (Å²) in [5.74, 6) is -0.164. The number of carbonyl (C=O) groups is 2. The molecule has 144 valence electrons. The first-order valence-electron chi connectivity index (χ1n) is 9.18. The summed E-state index contributed by atoms with van der Waals surface area (Å²) < 4.78 is 0. The molecule has 2 rings (SSSR count). The van der Waals surface area contributed by atoms with E-state index in [4.69, 9.17) is 11.6 Å². The molecule has 1 unspecified atom stereocenters. The quantitative estimate of drug-likeness (QED) is 0.729. The van der Waals surface area contributed by atoms with E-state index in [-0.39, 0.29) is 18.4 Å². The SMILES string of the molecule is CCN(CC)C(=O)[C@H](c1ccccc1)[NH+](C)CC(=O)Nc1ccccc1Cl. The van der Waals surface area contributed by atoms with Gasteiger partial charge < -0.3 is 15.1 Å². The van der Waals surface area contributed by atoms with Crippen LogP contribution in [-0.2, 0) is 9.59 Å². The van der Waals surface area contributed by atoms with Gasteiger partial charge in [0, 0.05) is 18.7 Å². The van der Waals surface area contributed by atoms with Crippen LogP contribution in [-0.4, -0.2) is 43.4 Å². The minimum atomic E-state index is -0.442. The molecule has 0 fully saturated rings. The Morgan fingerprint density at radius 3 is 2.22 bits per heavy atom. The molecule has 6 heteroatoms. The Labute approximate surface area is 165 Å². The topological polar surface area (TPSA) is 53.9 Å². The van der Waals surface area contributed by atoms with Crippen molar-refractivity contribution in [1.82, 2.24) is 4.90 Å². The zero-order chi connectivity index (χ0) is 19.8. The summed E-state index contributed by atoms with van der Waals surface area (Å²) in [6, 6.07) is 16.3. The Morgan fingerprint density at radius 2 is 1.63 bits per heavy atom. The molecule has 0 aliphatic heterocycles. The average Bonchev–Trinajstić information content (AvgIpc) is 2.65. The molecule has 27 heavy (non-hydrogen) atoms. The number of rotatable bonds is 8. The number of hydrogen-bond donors (Lipinski definition) is 2. The van der Waals surface area contributed by atoms with E-state index in [9.17, 15) is 9.59 Å². The third kappa shape index (κ3) is 5.55. The van der Waals surface area contributed by atoms with Crippen molar-refractivity contribution in [2.75, 3.05) is 32.0 Å². The first-order chi connectivity index (χ1) is 13.0. The van der Waals surface area contributed by atoms with Crippen LogP contribution in [0.2, 0.25) is 5.02 Å². The van der Waals surface area contributed by atoms with Gasteiger partial charge in [0.1, 0.15) is 0 Å². The van der Waals surface area contributed by atoms with Gasteiger partial charge in [-0.3, -0.25) is 9.59 Å². The first kappa shape index (κ1) is 20.9. The lowest BCUT2D eigenvalue weighted by atomic mass is 10.0. The van der Waals surface area contributed by atoms with Gasteiger partial charge in [-0.15, -0.1) is 0 Å². The number of halogens is 1. The number of amides is 2. The van der Waals surface area contributed by atoms with E-state index in [2.05, 4.69) is 5.32 Å². The number of nitrogens with one attached hydrogen (secondary N) is 2. The maximum atomic E-state index is 13.1. The molecule has 0 spiro atoms. The van der Waals surface area contributed by atoms with Crippen LogP contribution in [0.1, 0.15) is 25.5 Å². The monoisotopic (exact) mass is 388 g/mol. The van der Waals surface area contributed by atoms with Crippen LogP contribution < -0.4 is 10.2 Å². The van der Waals surface area contributed by atoms with Crippen LogP contribution in [0.15, 0.2) is 54.6 Å². The summed E-state index contributed by atoms with van der Waals surface area (Å²) in [4.78, 5) is 28.2. The lowest BCUT2D eigenvalue weighted by molar-refractivity contribution is -0.894. The lowest BCUT2D eigenvalue weighted by Gasteiger charge is -2.29. The summed E-state index contributed by atoms with van der Waals surface area (Å²) in [6.45, 7) is 5.35. The second-order valence-electron chi connectivity index (χ2n) is 6.41. The number of likely N-dealkylation sites (N-methyl/N-ethyl adjacent to an activating group) is 2. The van der Waals surface area contributed by atoms with E-state index >= 15 is 0 Å². The zero-order valence-corrected chi connectivity index (χ0v) is 16.8. The minimum Gasteiger partial charge on any atom is -0.338 e. The van der Waals surface area contributed by atoms with Gasteiger partial charge >= 0.3 is 0 Å². The number of quaternary nitrogens is 1. The molecular formula is C21H27ClN3O2+. The number of para-hydroxylation sites is 1. The molecule has 2 amide bonds. The van der Waals surface area contributed by atoms with Crippen LogP contribution in [0, 0.1) is 0 Å². The van der Waals surface area contributed by atoms with Crippen molar-refractivity contribution in [1.29, 1.82) is 0 Å². The molecule has 2 aromatic rings. The van der Waals surface area contributed by atoms with Gasteiger partial charge in [0.2, 0.25) is 0 Å². The second-order valence-corrected chi connectivity index (χ2v) is 6.81. The number of hydrogen-bond acceptors (Lipinski definition) is 2. The zero-order valence-electron chi connectivity index (χ0n) is 16.0. The smallest absolute Gasteiger partial charge is 0.285 e. The highest BCUT2D eigenvalue weighted by molar-refractivity contribution is 6.33. The fraction of sp³-hybridized carbons (Fsp3) is 0.333. The van der Waals surface area contributed by atoms with E-state index in [1.807, 2.05) is 63.4 Å². The number of carbonyl (C=O) groups excluding carboxylic acids is 2. The van der Waals surface area contributed by atoms with Crippen LogP contribution in [0.3, 0.4) is 0 Å². The number of anilines is 1. The van der Waals surface area contributed by atoms with Crippen molar-refractivity contribution < 1.29 is 14.5 Å². The van der Waals surface area contributed by atoms with Gasteiger partial charge in [-0.25, -0.2) is 0 Å². The summed E-state index contributed by atoms with van der Waals surface area (Å²) in [7, 11) is 1.87. The molecular weight excluding hydrogens is 362 g/mol. The molecule has 0 saturated heterocycles. The predicted octanol–water partition coefficient (Wildman–Crippen LogP) is 2.40. The van der Waals surface area contributed by atoms with E-state index in [0.717, 1.165) is 10.5 Å². The third-order valence-electron chi connectivity index (χ3n) is 4.54. The second kappa shape index (κ2) is 10.1. The third-order valence-corrected chi connectivity index (χ3v) is 4.86. The van der Waals surface area contributed by atoms with Crippen molar-refractivity contribution in [3.05, 3.63) is 65.2 Å². The number of nitrogens with zero attached hydrogens (tertiary/aromatic N) is 1. The maximum Gasteiger partial charge on any atom is 0.285 e. The fourth-order valence-corrected chi connectivity index (χ4v) is 3.30. The summed E-state index contributed by atoms with van der Waals surface area (Å²) in [6.07, 6.45) is 0. The molecule has 0 aromatic heterocycles. The molecule has 2 aromatic carbocycles. The van der Waals surface area contributed by atoms with Crippen molar-refractivity contribution in [2.45, 2.75) is 19.9 Å². The van der Waals surface area contributed by atoms with Gasteiger partial charge in [0.15, 0.2) is 12.6 Å². The Hall–Kier alpha value is -2.37. The lowest BCUT2D eigenvalue weighted by Crippen LogP contribution is -3.11. The van der Waals surface area contributed by atoms with E-state index in [1.54, 1.807) is 17.0 Å². The molecule has 0 radical (unpaired) electrons. The Balaban J connectivity index is 2.18. The van der Waals surface area contributed by atoms with Crippen LogP contribution in [0.5, 0.6) is 0 Å². The molecule has 0 heterocycles. The van der Waals surface area contributed by atoms with Crippen LogP contribution >= 0.6 is 11.6 Å². The van der Waals surface area contributed by atoms with Crippen LogP contribution in [0.4, 0.5) is 5.69 Å². The minimum absolute atomic E-state index is 0.0224. The molecule has 2 atom stereocenters. The van der Waals surface area contributed by atoms with Crippen molar-refractivity contribution in [3.8, 4) is 0 Å². The van der Waals surface area contributed by atoms with Gasteiger partial charge in [-0.2, -0.15) is 0 Å². The number of benzene rings is 2. The highest BCUT2D eigenvalue weighted by atomic mass is 35.5. The molecule has 0 bridgehead atoms. The van der Waals surface area contributed by atoms with Gasteiger partial charge in [-0.1, -0.05) is 54.1 Å². The van der Waals surface area contributed by atoms with Gasteiger partial charge in [-0.05, 0) is 26.0 Å². The fourth-order valence-electron chi connectivity index (χ4n) is 3.11. The standard InChI is InChI=1S/C21H26ClN3O2/c1-4-25(5-2)21(27)20(16-11-7-6-8-12-16)24(3)15-19(26)23-18-14-10-9-13-17(18)22/h6-14,20H,4-5,15H2,1-3H3,(H,23,26)/p+1/t20-/m0/s1. The first-order valence-corrected chi connectivity index (χ1v) is 9.56. The normalized spacial score (nSPS) is 12.9. The molecule has 0 aliphatic rings. The molecule has 5 nitrogen and oxygen atoms in total.